The largest absolute Gasteiger partial charge is 0.494 e. The summed E-state index contributed by atoms with van der Waals surface area (Å²) in [6.45, 7) is 6.80. The number of methoxy groups -OCH3 is 1. The monoisotopic (exact) mass is 883 g/mol. The first-order valence-electron chi connectivity index (χ1n) is 20.7. The highest BCUT2D eigenvalue weighted by molar-refractivity contribution is 7.67. The lowest BCUT2D eigenvalue weighted by Gasteiger charge is -2.39. The Morgan fingerprint density at radius 1 is 0.935 bits per heavy atom. The van der Waals surface area contributed by atoms with Crippen LogP contribution in [0.4, 0.5) is 40.2 Å². The Labute approximate surface area is 368 Å². The number of aromatic nitrogens is 2. The van der Waals surface area contributed by atoms with Crippen LogP contribution in [-0.4, -0.2) is 125 Å². The first kappa shape index (κ1) is 42.9. The van der Waals surface area contributed by atoms with E-state index in [1.165, 1.54) is 11.1 Å². The molecule has 62 heavy (non-hydrogen) atoms. The fraction of sp³-hybridized carbons (Fsp3) is 0.395. The number of benzene rings is 3. The SMILES string of the molecule is COc1cc(N2CCN(CC3CCN(CC(=O)Nc4cccc5c4CN(C4CCC(=O)NC4=O)C5=O)CC3)CC2)ccc1Nc1ncc(Cl)c(Nc2ccccc2N(C)[SH]=O)n1. The van der Waals surface area contributed by atoms with Crippen molar-refractivity contribution in [3.63, 3.8) is 0 Å². The average molecular weight is 884 g/mol. The normalized spacial score (nSPS) is 18.6. The number of likely N-dealkylation sites (tertiary alicyclic amines) is 1. The third-order valence-corrected chi connectivity index (χ3v) is 12.7. The molecule has 0 spiro atoms. The maximum Gasteiger partial charge on any atom is 0.255 e. The third kappa shape index (κ3) is 9.62. The fourth-order valence-corrected chi connectivity index (χ4v) is 9.03. The number of nitrogens with one attached hydrogen (secondary N) is 4. The van der Waals surface area contributed by atoms with Crippen LogP contribution in [0.5, 0.6) is 5.75 Å². The smallest absolute Gasteiger partial charge is 0.255 e. The van der Waals surface area contributed by atoms with Gasteiger partial charge in [-0.3, -0.25) is 38.6 Å². The van der Waals surface area contributed by atoms with Gasteiger partial charge in [-0.15, -0.1) is 0 Å². The van der Waals surface area contributed by atoms with Crippen LogP contribution in [-0.2, 0) is 32.8 Å². The number of hydrogen-bond acceptors (Lipinski definition) is 13. The molecule has 1 atom stereocenters. The van der Waals surface area contributed by atoms with Crippen molar-refractivity contribution in [2.45, 2.75) is 38.3 Å². The zero-order valence-electron chi connectivity index (χ0n) is 34.6. The van der Waals surface area contributed by atoms with E-state index in [0.29, 0.717) is 62.3 Å². The van der Waals surface area contributed by atoms with Crippen molar-refractivity contribution in [3.05, 3.63) is 83.0 Å². The molecule has 4 aliphatic rings. The van der Waals surface area contributed by atoms with E-state index in [1.54, 1.807) is 36.7 Å². The number of carbonyl (C=O) groups is 4. The summed E-state index contributed by atoms with van der Waals surface area (Å²) in [7, 11) is 3.35. The van der Waals surface area contributed by atoms with E-state index >= 15 is 0 Å². The Bertz CT molecular complexity index is 2360. The molecule has 3 fully saturated rings. The van der Waals surface area contributed by atoms with Gasteiger partial charge in [-0.2, -0.15) is 4.98 Å². The van der Waals surface area contributed by atoms with E-state index in [2.05, 4.69) is 52.0 Å². The molecule has 19 heteroatoms. The number of piperazine rings is 1. The zero-order chi connectivity index (χ0) is 43.3. The highest BCUT2D eigenvalue weighted by Crippen LogP contribution is 2.35. The number of amides is 4. The predicted molar refractivity (Wildman–Crippen MR) is 240 cm³/mol. The first-order valence-corrected chi connectivity index (χ1v) is 21.9. The van der Waals surface area contributed by atoms with Crippen LogP contribution in [0.25, 0.3) is 0 Å². The number of piperidine rings is 2. The van der Waals surface area contributed by atoms with E-state index < -0.39 is 11.9 Å². The molecule has 0 saturated carbocycles. The number of carbonyl (C=O) groups excluding carboxylic acids is 4. The van der Waals surface area contributed by atoms with Gasteiger partial charge in [0.15, 0.2) is 5.82 Å². The molecule has 4 amide bonds. The minimum atomic E-state index is -0.709. The highest BCUT2D eigenvalue weighted by Gasteiger charge is 2.40. The Balaban J connectivity index is 0.789. The maximum atomic E-state index is 13.2. The fourth-order valence-electron chi connectivity index (χ4n) is 8.62. The summed E-state index contributed by atoms with van der Waals surface area (Å²) in [6, 6.07) is 18.0. The van der Waals surface area contributed by atoms with Gasteiger partial charge < -0.3 is 30.5 Å². The molecular formula is C43H50ClN11O6S. The average Bonchev–Trinajstić information content (AvgIpc) is 3.62. The molecule has 4 N–H and O–H groups in total. The number of imide groups is 1. The Kier molecular flexibility index (Phi) is 13.2. The number of ether oxygens (including phenoxy) is 1. The van der Waals surface area contributed by atoms with Crippen LogP contribution in [0, 0.1) is 5.92 Å². The highest BCUT2D eigenvalue weighted by atomic mass is 35.5. The van der Waals surface area contributed by atoms with Crippen molar-refractivity contribution in [2.75, 3.05) is 91.7 Å². The number of thiol groups is 1. The topological polar surface area (TPSA) is 185 Å². The zero-order valence-corrected chi connectivity index (χ0v) is 36.3. The molecule has 5 heterocycles. The van der Waals surface area contributed by atoms with Crippen LogP contribution in [0.15, 0.2) is 66.9 Å². The molecule has 3 saturated heterocycles. The molecule has 4 aromatic rings. The Hall–Kier alpha value is -5.82. The van der Waals surface area contributed by atoms with Gasteiger partial charge in [-0.05, 0) is 74.7 Å². The van der Waals surface area contributed by atoms with Crippen molar-refractivity contribution < 1.29 is 28.1 Å². The molecule has 0 aliphatic carbocycles. The molecular weight excluding hydrogens is 834 g/mol. The number of hydrogen-bond donors (Lipinski definition) is 5. The molecule has 1 aromatic heterocycles. The molecule has 0 bridgehead atoms. The quantitative estimate of drug-likeness (QED) is 0.0900. The lowest BCUT2D eigenvalue weighted by molar-refractivity contribution is -0.137. The minimum Gasteiger partial charge on any atom is -0.494 e. The van der Waals surface area contributed by atoms with Gasteiger partial charge in [0, 0.05) is 81.3 Å². The number of halogens is 1. The number of rotatable bonds is 14. The summed E-state index contributed by atoms with van der Waals surface area (Å²) in [5.41, 5.74) is 4.92. The molecule has 8 rings (SSSR count). The minimum absolute atomic E-state index is 0.135. The lowest BCUT2D eigenvalue weighted by Crippen LogP contribution is -2.52. The van der Waals surface area contributed by atoms with Gasteiger partial charge in [-0.25, -0.2) is 9.19 Å². The van der Waals surface area contributed by atoms with Gasteiger partial charge in [-0.1, -0.05) is 29.8 Å². The van der Waals surface area contributed by atoms with Crippen LogP contribution in [0.3, 0.4) is 0 Å². The van der Waals surface area contributed by atoms with Crippen LogP contribution in [0.2, 0.25) is 5.02 Å². The van der Waals surface area contributed by atoms with Crippen molar-refractivity contribution >= 4 is 87.3 Å². The lowest BCUT2D eigenvalue weighted by atomic mass is 9.96. The van der Waals surface area contributed by atoms with Crippen molar-refractivity contribution in [3.8, 4) is 5.75 Å². The number of fused-ring (bicyclic) bond motifs is 1. The summed E-state index contributed by atoms with van der Waals surface area (Å²) in [6.07, 6.45) is 4.01. The first-order chi connectivity index (χ1) is 30.1. The van der Waals surface area contributed by atoms with E-state index in [4.69, 9.17) is 16.3 Å². The number of nitrogens with zero attached hydrogens (tertiary/aromatic N) is 7. The van der Waals surface area contributed by atoms with Crippen molar-refractivity contribution in [2.24, 2.45) is 5.92 Å². The van der Waals surface area contributed by atoms with Crippen LogP contribution >= 0.6 is 11.6 Å². The summed E-state index contributed by atoms with van der Waals surface area (Å²) in [5.74, 6) is 0.731. The van der Waals surface area contributed by atoms with Crippen molar-refractivity contribution in [1.82, 2.24) is 30.0 Å². The standard InChI is InChI=1S/C43H50ClN11O6S/c1-51(62-60)35-9-4-3-7-33(35)47-40-31(44)23-45-43(50-40)48-34-11-10-28(22-37(34)61-2)54-20-18-53(19-21-54)24-27-14-16-52(17-15-27)26-39(57)46-32-8-5-6-29-30(32)25-55(42(29)59)36-12-13-38(56)49-41(36)58/h3-11,22-23,27,36,62H,12-21,24-26H2,1-2H3,(H,46,57)(H,49,56,58)(H2,45,47,48,50). The predicted octanol–water partition coefficient (Wildman–Crippen LogP) is 4.16. The summed E-state index contributed by atoms with van der Waals surface area (Å²) in [5, 5.41) is 12.2. The van der Waals surface area contributed by atoms with Gasteiger partial charge in [0.2, 0.25) is 23.7 Å². The third-order valence-electron chi connectivity index (χ3n) is 12.0. The van der Waals surface area contributed by atoms with E-state index in [-0.39, 0.29) is 55.5 Å². The molecule has 1 unspecified atom stereocenters. The Morgan fingerprint density at radius 3 is 2.47 bits per heavy atom. The molecule has 326 valence electrons. The maximum absolute atomic E-state index is 13.2. The molecule has 17 nitrogen and oxygen atoms in total. The summed E-state index contributed by atoms with van der Waals surface area (Å²) >= 11 is 6.32. The van der Waals surface area contributed by atoms with Gasteiger partial charge in [0.1, 0.15) is 28.7 Å². The van der Waals surface area contributed by atoms with Crippen LogP contribution in [0.1, 0.15) is 41.6 Å². The van der Waals surface area contributed by atoms with E-state index in [0.717, 1.165) is 64.3 Å². The second kappa shape index (κ2) is 19.1. The molecule has 0 radical (unpaired) electrons. The number of anilines is 7. The van der Waals surface area contributed by atoms with Gasteiger partial charge in [0.05, 0.1) is 36.9 Å². The van der Waals surface area contributed by atoms with Gasteiger partial charge >= 0.3 is 0 Å². The van der Waals surface area contributed by atoms with Crippen LogP contribution < -0.4 is 35.2 Å². The Morgan fingerprint density at radius 2 is 1.71 bits per heavy atom. The van der Waals surface area contributed by atoms with Gasteiger partial charge in [0.25, 0.3) is 5.91 Å². The van der Waals surface area contributed by atoms with E-state index in [1.807, 2.05) is 36.4 Å². The molecule has 3 aromatic carbocycles. The second-order valence-electron chi connectivity index (χ2n) is 15.9. The second-order valence-corrected chi connectivity index (χ2v) is 17.1. The molecule has 4 aliphatic heterocycles. The van der Waals surface area contributed by atoms with Crippen molar-refractivity contribution in [1.29, 1.82) is 0 Å². The number of para-hydroxylation sites is 2. The summed E-state index contributed by atoms with van der Waals surface area (Å²) in [4.78, 5) is 68.2. The van der Waals surface area contributed by atoms with E-state index in [9.17, 15) is 23.4 Å². The summed E-state index contributed by atoms with van der Waals surface area (Å²) < 4.78 is 18.9.